The lowest BCUT2D eigenvalue weighted by molar-refractivity contribution is -0.194. The predicted molar refractivity (Wildman–Crippen MR) is 332 cm³/mol. The quantitative estimate of drug-likeness (QED) is 0.0322. The van der Waals surface area contributed by atoms with Gasteiger partial charge in [0.1, 0.15) is 25.4 Å². The van der Waals surface area contributed by atoms with E-state index in [9.17, 15) is 49.8 Å². The Kier molecular flexibility index (Phi) is 21.0. The lowest BCUT2D eigenvalue weighted by Gasteiger charge is -2.71. The second-order valence-electron chi connectivity index (χ2n) is 25.8. The maximum absolute atomic E-state index is 15.2. The number of hydrogen-bond donors (Lipinski definition) is 10. The minimum absolute atomic E-state index is 0.0151. The number of amides is 4. The van der Waals surface area contributed by atoms with Crippen LogP contribution in [0.3, 0.4) is 0 Å². The van der Waals surface area contributed by atoms with Crippen LogP contribution < -0.4 is 51.8 Å². The van der Waals surface area contributed by atoms with Crippen molar-refractivity contribution in [3.63, 3.8) is 0 Å². The number of hydrogen-bond acceptors (Lipinski definition) is 17. The Morgan fingerprint density at radius 2 is 0.703 bits per heavy atom. The van der Waals surface area contributed by atoms with Gasteiger partial charge in [-0.15, -0.1) is 0 Å². The summed E-state index contributed by atoms with van der Waals surface area (Å²) >= 11 is 0. The van der Waals surface area contributed by atoms with Crippen molar-refractivity contribution in [3.8, 4) is 17.2 Å². The molecule has 0 aliphatic heterocycles. The Morgan fingerprint density at radius 1 is 0.440 bits per heavy atom. The third kappa shape index (κ3) is 16.5. The van der Waals surface area contributed by atoms with E-state index in [1.165, 1.54) is 50.5 Å². The average Bonchev–Trinajstić information content (AvgIpc) is 0.688. The van der Waals surface area contributed by atoms with Crippen molar-refractivity contribution in [2.24, 2.45) is 21.7 Å². The lowest BCUT2D eigenvalue weighted by Crippen LogP contribution is -2.68. The summed E-state index contributed by atoms with van der Waals surface area (Å²) in [7, 11) is 0. The number of aliphatic hydroxyl groups excluding tert-OH is 6. The zero-order chi connectivity index (χ0) is 65.1. The van der Waals surface area contributed by atoms with Crippen LogP contribution in [0.1, 0.15) is 107 Å². The van der Waals surface area contributed by atoms with Crippen LogP contribution in [-0.4, -0.2) is 138 Å². The van der Waals surface area contributed by atoms with Crippen LogP contribution in [0.25, 0.3) is 0 Å². The van der Waals surface area contributed by atoms with Crippen LogP contribution in [0.4, 0.5) is 4.79 Å². The van der Waals surface area contributed by atoms with Gasteiger partial charge in [0.15, 0.2) is 34.3 Å². The first-order valence-electron chi connectivity index (χ1n) is 30.4. The number of nitrogens with one attached hydrogen (secondary N) is 4. The number of benzene rings is 3. The molecular formula is C67H81N7O17. The molecule has 91 heavy (non-hydrogen) atoms. The van der Waals surface area contributed by atoms with Crippen molar-refractivity contribution < 1.29 is 68.8 Å². The topological polar surface area (TPSA) is 341 Å². The number of ether oxygens (including phenoxy) is 4. The van der Waals surface area contributed by atoms with Gasteiger partial charge in [-0.25, -0.2) is 4.79 Å². The summed E-state index contributed by atoms with van der Waals surface area (Å²) in [5.74, 6) is -3.24. The molecule has 3 aromatic heterocycles. The van der Waals surface area contributed by atoms with Gasteiger partial charge in [-0.1, -0.05) is 91.0 Å². The van der Waals surface area contributed by atoms with E-state index in [0.29, 0.717) is 55.2 Å². The number of pyridine rings is 3. The molecule has 24 nitrogen and oxygen atoms in total. The Balaban J connectivity index is 1.13. The Labute approximate surface area is 525 Å². The fraction of sp³-hybridized carbons (Fsp3) is 0.448. The first-order valence-corrected chi connectivity index (χ1v) is 30.4. The molecular weight excluding hydrogens is 1170 g/mol. The van der Waals surface area contributed by atoms with Gasteiger partial charge in [-0.3, -0.25) is 28.8 Å². The Morgan fingerprint density at radius 3 is 0.956 bits per heavy atom. The predicted octanol–water partition coefficient (Wildman–Crippen LogP) is 3.41. The number of carbonyl (C=O) groups is 4. The third-order valence-corrected chi connectivity index (χ3v) is 17.0. The highest BCUT2D eigenvalue weighted by Gasteiger charge is 2.68. The molecule has 4 saturated carbocycles. The van der Waals surface area contributed by atoms with Crippen LogP contribution in [0.2, 0.25) is 0 Å². The maximum Gasteiger partial charge on any atom is 0.407 e. The van der Waals surface area contributed by atoms with Gasteiger partial charge < -0.3 is 84.6 Å². The molecule has 10 rings (SSSR count). The number of aromatic nitrogens is 3. The van der Waals surface area contributed by atoms with Crippen molar-refractivity contribution in [1.82, 2.24) is 35.0 Å². The van der Waals surface area contributed by atoms with Crippen molar-refractivity contribution in [2.45, 2.75) is 123 Å². The minimum atomic E-state index is -1.35. The molecule has 4 aliphatic rings. The molecule has 3 unspecified atom stereocenters. The number of alkyl carbamates (subject to hydrolysis) is 1. The minimum Gasteiger partial charge on any atom is -0.483 e. The normalized spacial score (nSPS) is 20.8. The number of rotatable bonds is 29. The zero-order valence-corrected chi connectivity index (χ0v) is 51.3. The van der Waals surface area contributed by atoms with Crippen molar-refractivity contribution in [1.29, 1.82) is 0 Å². The highest BCUT2D eigenvalue weighted by atomic mass is 16.6. The first kappa shape index (κ1) is 66.8. The number of nitrogens with zero attached hydrogens (tertiary/aromatic N) is 3. The van der Waals surface area contributed by atoms with E-state index < -0.39 is 105 Å². The summed E-state index contributed by atoms with van der Waals surface area (Å²) in [6, 6.07) is 30.5. The smallest absolute Gasteiger partial charge is 0.407 e. The zero-order valence-electron chi connectivity index (χ0n) is 51.3. The van der Waals surface area contributed by atoms with E-state index >= 15 is 14.4 Å². The van der Waals surface area contributed by atoms with E-state index in [1.54, 1.807) is 93.6 Å². The van der Waals surface area contributed by atoms with Crippen LogP contribution in [-0.2, 0) is 44.2 Å². The highest BCUT2D eigenvalue weighted by Crippen LogP contribution is 2.73. The van der Waals surface area contributed by atoms with Gasteiger partial charge in [-0.2, -0.15) is 0 Å². The molecule has 3 heterocycles. The standard InChI is InChI=1S/C67H81N7O17/c1-63(2,3)91-62(87)71-43-67-37-64(40-68-59(84)53-56(88-31-44-13-7-4-8-14-44)50(81)19-22-72(53)25-47(78)28-75)34-65(38-67,41-69-60(85)54-57(89-32-45-15-9-5-10-16-45)51(82)20-23-73(54)26-48(79)29-76)36-66(35-64,39-67)42-70-61(86)55-58(90-33-46-17-11-6-12-18-46)52(83)21-24-74(55)27-49(80)30-77/h4-24,47-49,75-80H,25-43H2,1-3H3,(H,68,84)(H,69,85)(H,70,86)(H,71,87). The lowest BCUT2D eigenvalue weighted by atomic mass is 9.35. The van der Waals surface area contributed by atoms with Gasteiger partial charge in [0, 0.05) is 63.0 Å². The molecule has 3 aromatic carbocycles. The van der Waals surface area contributed by atoms with E-state index in [-0.39, 0.29) is 100.0 Å². The summed E-state index contributed by atoms with van der Waals surface area (Å²) in [4.78, 5) is 101. The van der Waals surface area contributed by atoms with Crippen molar-refractivity contribution >= 4 is 23.8 Å². The van der Waals surface area contributed by atoms with Crippen LogP contribution in [0, 0.1) is 21.7 Å². The Bertz CT molecular complexity index is 3360. The molecule has 4 bridgehead atoms. The van der Waals surface area contributed by atoms with Gasteiger partial charge in [-0.05, 0) is 97.6 Å². The van der Waals surface area contributed by atoms with Crippen molar-refractivity contribution in [3.05, 3.63) is 192 Å². The first-order chi connectivity index (χ1) is 43.5. The summed E-state index contributed by atoms with van der Waals surface area (Å²) in [5.41, 5.74) is -5.18. The molecule has 4 amide bonds. The Hall–Kier alpha value is -8.65. The van der Waals surface area contributed by atoms with Gasteiger partial charge in [0.05, 0.1) is 57.8 Å². The maximum atomic E-state index is 15.2. The van der Waals surface area contributed by atoms with Gasteiger partial charge >= 0.3 is 6.09 Å². The van der Waals surface area contributed by atoms with Gasteiger partial charge in [0.2, 0.25) is 16.3 Å². The van der Waals surface area contributed by atoms with E-state index in [4.69, 9.17) is 18.9 Å². The molecule has 486 valence electrons. The molecule has 0 radical (unpaired) electrons. The molecule has 6 aromatic rings. The fourth-order valence-electron chi connectivity index (χ4n) is 14.2. The van der Waals surface area contributed by atoms with Crippen molar-refractivity contribution in [2.75, 3.05) is 46.0 Å². The van der Waals surface area contributed by atoms with E-state index in [0.717, 1.165) is 0 Å². The molecule has 0 saturated heterocycles. The van der Waals surface area contributed by atoms with Crippen LogP contribution in [0.5, 0.6) is 17.2 Å². The van der Waals surface area contributed by atoms with Crippen LogP contribution in [0.15, 0.2) is 142 Å². The average molecular weight is 1260 g/mol. The summed E-state index contributed by atoms with van der Waals surface area (Å²) in [5, 5.41) is 74.6. The molecule has 24 heteroatoms. The molecule has 4 aliphatic carbocycles. The second-order valence-corrected chi connectivity index (χ2v) is 25.8. The fourth-order valence-corrected chi connectivity index (χ4v) is 14.2. The third-order valence-electron chi connectivity index (χ3n) is 17.0. The SMILES string of the molecule is CC(C)(C)OC(=O)NCC12CC3(CNC(=O)c4c(OCc5ccccc5)c(=O)ccn4CC(O)CO)CC(CNC(=O)c4c(OCc5ccccc5)c(=O)ccn4CC(O)CO)(C1)CC(CNC(=O)c1c(OCc4ccccc4)c(=O)ccn1CC(O)CO)(C2)C3. The summed E-state index contributed by atoms with van der Waals surface area (Å²) in [6.45, 7) is 1.65. The number of aliphatic hydroxyl groups is 6. The molecule has 0 spiro atoms. The summed E-state index contributed by atoms with van der Waals surface area (Å²) < 4.78 is 28.2. The second kappa shape index (κ2) is 28.7. The highest BCUT2D eigenvalue weighted by molar-refractivity contribution is 5.96. The van der Waals surface area contributed by atoms with Crippen LogP contribution >= 0.6 is 0 Å². The van der Waals surface area contributed by atoms with Gasteiger partial charge in [0.25, 0.3) is 17.7 Å². The summed E-state index contributed by atoms with van der Waals surface area (Å²) in [6.07, 6.45) is 1.20. The molecule has 4 fully saturated rings. The monoisotopic (exact) mass is 1260 g/mol. The molecule has 3 atom stereocenters. The van der Waals surface area contributed by atoms with E-state index in [1.807, 2.05) is 18.2 Å². The largest absolute Gasteiger partial charge is 0.483 e. The van der Waals surface area contributed by atoms with E-state index in [2.05, 4.69) is 21.3 Å². The number of carbonyl (C=O) groups excluding carboxylic acids is 4. The molecule has 10 N–H and O–H groups in total.